The van der Waals surface area contributed by atoms with E-state index in [1.165, 1.54) is 0 Å². The van der Waals surface area contributed by atoms with E-state index in [4.69, 9.17) is 9.15 Å². The molecule has 124 valence electrons. The van der Waals surface area contributed by atoms with E-state index in [1.54, 1.807) is 6.07 Å². The smallest absolute Gasteiger partial charge is 0.193 e. The Labute approximate surface area is 141 Å². The Morgan fingerprint density at radius 3 is 2.50 bits per heavy atom. The summed E-state index contributed by atoms with van der Waals surface area (Å²) in [5.74, 6) is 1.37. The summed E-state index contributed by atoms with van der Waals surface area (Å²) in [7, 11) is 4.02. The Kier molecular flexibility index (Phi) is 4.67. The first-order chi connectivity index (χ1) is 11.5. The molecule has 2 aromatic carbocycles. The summed E-state index contributed by atoms with van der Waals surface area (Å²) in [6, 6.07) is 14.8. The molecule has 0 spiro atoms. The first-order valence-electron chi connectivity index (χ1n) is 7.95. The second-order valence-electron chi connectivity index (χ2n) is 6.15. The summed E-state index contributed by atoms with van der Waals surface area (Å²) < 4.78 is 11.6. The van der Waals surface area contributed by atoms with Crippen LogP contribution in [0.3, 0.4) is 0 Å². The van der Waals surface area contributed by atoms with Crippen LogP contribution in [0.15, 0.2) is 57.7 Å². The zero-order valence-electron chi connectivity index (χ0n) is 14.2. The van der Waals surface area contributed by atoms with Crippen molar-refractivity contribution in [2.45, 2.75) is 6.92 Å². The highest BCUT2D eigenvalue weighted by molar-refractivity contribution is 5.79. The van der Waals surface area contributed by atoms with Crippen molar-refractivity contribution < 1.29 is 9.15 Å². The van der Waals surface area contributed by atoms with Gasteiger partial charge >= 0.3 is 0 Å². The third-order valence-corrected chi connectivity index (χ3v) is 3.83. The molecule has 0 amide bonds. The van der Waals surface area contributed by atoms with Crippen LogP contribution in [0, 0.1) is 6.92 Å². The number of hydrogen-bond acceptors (Lipinski definition) is 4. The molecule has 3 aromatic rings. The van der Waals surface area contributed by atoms with Crippen LogP contribution >= 0.6 is 0 Å². The lowest BCUT2D eigenvalue weighted by Crippen LogP contribution is -2.19. The van der Waals surface area contributed by atoms with E-state index in [1.807, 2.05) is 63.5 Å². The van der Waals surface area contributed by atoms with Gasteiger partial charge in [0.15, 0.2) is 5.43 Å². The molecule has 0 fully saturated rings. The van der Waals surface area contributed by atoms with Gasteiger partial charge in [-0.15, -0.1) is 0 Å². The monoisotopic (exact) mass is 323 g/mol. The molecule has 1 aromatic heterocycles. The zero-order valence-corrected chi connectivity index (χ0v) is 14.2. The molecule has 0 N–H and O–H groups in total. The van der Waals surface area contributed by atoms with Gasteiger partial charge in [0, 0.05) is 18.2 Å². The van der Waals surface area contributed by atoms with Gasteiger partial charge in [0.1, 0.15) is 23.7 Å². The third kappa shape index (κ3) is 3.66. The molecule has 0 radical (unpaired) electrons. The molecule has 0 saturated carbocycles. The minimum atomic E-state index is -0.0266. The minimum Gasteiger partial charge on any atom is -0.492 e. The highest BCUT2D eigenvalue weighted by Crippen LogP contribution is 2.24. The largest absolute Gasteiger partial charge is 0.492 e. The van der Waals surface area contributed by atoms with Crippen molar-refractivity contribution in [1.29, 1.82) is 0 Å². The number of likely N-dealkylation sites (N-methyl/N-ethyl adjacent to an activating group) is 1. The topological polar surface area (TPSA) is 42.7 Å². The van der Waals surface area contributed by atoms with Crippen LogP contribution in [-0.2, 0) is 0 Å². The Bertz CT molecular complexity index is 895. The van der Waals surface area contributed by atoms with Crippen LogP contribution in [0.5, 0.6) is 5.75 Å². The molecule has 4 heteroatoms. The lowest BCUT2D eigenvalue weighted by Gasteiger charge is -2.11. The van der Waals surface area contributed by atoms with E-state index in [0.717, 1.165) is 23.4 Å². The van der Waals surface area contributed by atoms with Gasteiger partial charge in [-0.3, -0.25) is 4.79 Å². The molecule has 0 atom stereocenters. The van der Waals surface area contributed by atoms with Crippen molar-refractivity contribution in [3.8, 4) is 17.1 Å². The summed E-state index contributed by atoms with van der Waals surface area (Å²) in [6.45, 7) is 3.46. The highest BCUT2D eigenvalue weighted by Gasteiger charge is 2.07. The van der Waals surface area contributed by atoms with Crippen LogP contribution < -0.4 is 10.2 Å². The molecule has 0 saturated heterocycles. The normalized spacial score (nSPS) is 11.2. The Hall–Kier alpha value is -2.59. The van der Waals surface area contributed by atoms with Gasteiger partial charge in [-0.1, -0.05) is 11.6 Å². The van der Waals surface area contributed by atoms with Crippen molar-refractivity contribution in [2.24, 2.45) is 0 Å². The molecule has 0 aliphatic carbocycles. The van der Waals surface area contributed by atoms with Gasteiger partial charge in [0.2, 0.25) is 0 Å². The molecular formula is C20H21NO3. The molecule has 24 heavy (non-hydrogen) atoms. The number of aryl methyl sites for hydroxylation is 1. The van der Waals surface area contributed by atoms with Gasteiger partial charge in [0.05, 0.1) is 5.39 Å². The Balaban J connectivity index is 1.85. The standard InChI is InChI=1S/C20H21NO3/c1-14-4-9-19-17(12-14)18(22)13-20(24-19)15-5-7-16(8-6-15)23-11-10-21(2)3/h4-9,12-13H,10-11H2,1-3H3. The maximum Gasteiger partial charge on any atom is 0.193 e. The number of ether oxygens (including phenoxy) is 1. The number of rotatable bonds is 5. The summed E-state index contributed by atoms with van der Waals surface area (Å²) in [5.41, 5.74) is 2.48. The fourth-order valence-electron chi connectivity index (χ4n) is 2.47. The van der Waals surface area contributed by atoms with Crippen molar-refractivity contribution in [3.05, 3.63) is 64.3 Å². The van der Waals surface area contributed by atoms with E-state index in [9.17, 15) is 4.79 Å². The van der Waals surface area contributed by atoms with Crippen LogP contribution in [0.2, 0.25) is 0 Å². The van der Waals surface area contributed by atoms with Crippen LogP contribution in [0.1, 0.15) is 5.56 Å². The van der Waals surface area contributed by atoms with Crippen molar-refractivity contribution in [3.63, 3.8) is 0 Å². The molecule has 0 unspecified atom stereocenters. The number of benzene rings is 2. The first kappa shape index (κ1) is 16.3. The fraction of sp³-hybridized carbons (Fsp3) is 0.250. The van der Waals surface area contributed by atoms with Crippen molar-refractivity contribution in [2.75, 3.05) is 27.2 Å². The van der Waals surface area contributed by atoms with Gasteiger partial charge in [-0.2, -0.15) is 0 Å². The maximum absolute atomic E-state index is 12.3. The highest BCUT2D eigenvalue weighted by atomic mass is 16.5. The summed E-state index contributed by atoms with van der Waals surface area (Å²) in [5, 5.41) is 0.613. The average Bonchev–Trinajstić information content (AvgIpc) is 2.56. The molecule has 0 aliphatic rings. The van der Waals surface area contributed by atoms with E-state index in [0.29, 0.717) is 23.3 Å². The number of hydrogen-bond donors (Lipinski definition) is 0. The zero-order chi connectivity index (χ0) is 17.1. The number of fused-ring (bicyclic) bond motifs is 1. The maximum atomic E-state index is 12.3. The molecule has 1 heterocycles. The number of nitrogens with zero attached hydrogens (tertiary/aromatic N) is 1. The van der Waals surface area contributed by atoms with Crippen LogP contribution in [0.4, 0.5) is 0 Å². The van der Waals surface area contributed by atoms with Crippen LogP contribution in [-0.4, -0.2) is 32.1 Å². The van der Waals surface area contributed by atoms with Gasteiger partial charge in [-0.05, 0) is 57.4 Å². The summed E-state index contributed by atoms with van der Waals surface area (Å²) in [4.78, 5) is 14.4. The predicted octanol–water partition coefficient (Wildman–Crippen LogP) is 3.71. The quantitative estimate of drug-likeness (QED) is 0.718. The van der Waals surface area contributed by atoms with E-state index in [2.05, 4.69) is 4.90 Å². The summed E-state index contributed by atoms with van der Waals surface area (Å²) >= 11 is 0. The van der Waals surface area contributed by atoms with E-state index < -0.39 is 0 Å². The second kappa shape index (κ2) is 6.89. The fourth-order valence-corrected chi connectivity index (χ4v) is 2.47. The predicted molar refractivity (Wildman–Crippen MR) is 96.7 cm³/mol. The van der Waals surface area contributed by atoms with E-state index >= 15 is 0 Å². The third-order valence-electron chi connectivity index (χ3n) is 3.83. The lowest BCUT2D eigenvalue weighted by molar-refractivity contribution is 0.261. The summed E-state index contributed by atoms with van der Waals surface area (Å²) in [6.07, 6.45) is 0. The van der Waals surface area contributed by atoms with E-state index in [-0.39, 0.29) is 5.43 Å². The Morgan fingerprint density at radius 1 is 1.04 bits per heavy atom. The van der Waals surface area contributed by atoms with Crippen molar-refractivity contribution >= 4 is 11.0 Å². The van der Waals surface area contributed by atoms with Gasteiger partial charge < -0.3 is 14.1 Å². The Morgan fingerprint density at radius 2 is 1.79 bits per heavy atom. The molecule has 4 nitrogen and oxygen atoms in total. The van der Waals surface area contributed by atoms with Crippen LogP contribution in [0.25, 0.3) is 22.3 Å². The molecular weight excluding hydrogens is 302 g/mol. The lowest BCUT2D eigenvalue weighted by atomic mass is 10.1. The second-order valence-corrected chi connectivity index (χ2v) is 6.15. The SMILES string of the molecule is Cc1ccc2oc(-c3ccc(OCCN(C)C)cc3)cc(=O)c2c1. The first-order valence-corrected chi connectivity index (χ1v) is 7.95. The van der Waals surface area contributed by atoms with Gasteiger partial charge in [-0.25, -0.2) is 0 Å². The average molecular weight is 323 g/mol. The van der Waals surface area contributed by atoms with Gasteiger partial charge in [0.25, 0.3) is 0 Å². The molecule has 0 aliphatic heterocycles. The minimum absolute atomic E-state index is 0.0266. The molecule has 3 rings (SSSR count). The molecule has 0 bridgehead atoms. The van der Waals surface area contributed by atoms with Crippen molar-refractivity contribution in [1.82, 2.24) is 4.90 Å².